The van der Waals surface area contributed by atoms with Crippen molar-refractivity contribution in [3.8, 4) is 5.75 Å². The van der Waals surface area contributed by atoms with Crippen LogP contribution in [0.4, 0.5) is 10.5 Å². The summed E-state index contributed by atoms with van der Waals surface area (Å²) in [6, 6.07) is 5.42. The molecule has 6 nitrogen and oxygen atoms in total. The highest BCUT2D eigenvalue weighted by Crippen LogP contribution is 2.40. The Labute approximate surface area is 160 Å². The molecule has 0 radical (unpaired) electrons. The molecule has 0 spiro atoms. The third kappa shape index (κ3) is 3.94. The third-order valence-corrected chi connectivity index (χ3v) is 5.62. The molecule has 1 N–H and O–H groups in total. The van der Waals surface area contributed by atoms with Crippen LogP contribution in [0.15, 0.2) is 30.4 Å². The minimum atomic E-state index is -0.194. The fourth-order valence-corrected chi connectivity index (χ4v) is 4.16. The smallest absolute Gasteiger partial charge is 0.321 e. The summed E-state index contributed by atoms with van der Waals surface area (Å²) in [6.07, 6.45) is 4.23. The predicted molar refractivity (Wildman–Crippen MR) is 104 cm³/mol. The van der Waals surface area contributed by atoms with Gasteiger partial charge in [-0.15, -0.1) is 0 Å². The number of likely N-dealkylation sites (tertiary alicyclic amines) is 1. The Balaban J connectivity index is 1.70. The summed E-state index contributed by atoms with van der Waals surface area (Å²) < 4.78 is 10.5. The highest BCUT2D eigenvalue weighted by molar-refractivity contribution is 5.90. The van der Waals surface area contributed by atoms with Gasteiger partial charge in [0.1, 0.15) is 5.75 Å². The van der Waals surface area contributed by atoms with Crippen molar-refractivity contribution in [2.45, 2.75) is 20.8 Å². The maximum atomic E-state index is 12.8. The maximum absolute atomic E-state index is 12.8. The van der Waals surface area contributed by atoms with Gasteiger partial charge in [-0.25, -0.2) is 4.79 Å². The number of ether oxygens (including phenoxy) is 2. The van der Waals surface area contributed by atoms with Gasteiger partial charge in [0.2, 0.25) is 0 Å². The Bertz CT molecular complexity index is 746. The van der Waals surface area contributed by atoms with Crippen molar-refractivity contribution in [2.24, 2.45) is 23.7 Å². The molecule has 0 aromatic heterocycles. The number of nitrogens with one attached hydrogen (secondary N) is 1. The molecule has 4 atom stereocenters. The Morgan fingerprint density at radius 1 is 1.26 bits per heavy atom. The number of nitrogens with zero attached hydrogens (tertiary/aromatic N) is 1. The molecule has 1 aromatic carbocycles. The Morgan fingerprint density at radius 2 is 2.04 bits per heavy atom. The van der Waals surface area contributed by atoms with Gasteiger partial charge in [-0.2, -0.15) is 0 Å². The number of hydrogen-bond donors (Lipinski definition) is 1. The summed E-state index contributed by atoms with van der Waals surface area (Å²) in [5.41, 5.74) is 1.71. The zero-order chi connectivity index (χ0) is 19.6. The van der Waals surface area contributed by atoms with Crippen molar-refractivity contribution in [1.82, 2.24) is 4.90 Å². The van der Waals surface area contributed by atoms with Crippen LogP contribution in [0.25, 0.3) is 0 Å². The lowest BCUT2D eigenvalue weighted by Gasteiger charge is -2.31. The highest BCUT2D eigenvalue weighted by Gasteiger charge is 2.46. The summed E-state index contributed by atoms with van der Waals surface area (Å²) in [5, 5.41) is 2.98. The number of allylic oxidation sites excluding steroid dienone is 1. The van der Waals surface area contributed by atoms with E-state index in [4.69, 9.17) is 9.47 Å². The first-order valence-corrected chi connectivity index (χ1v) is 9.50. The number of hydrogen-bond acceptors (Lipinski definition) is 4. The largest absolute Gasteiger partial charge is 0.497 e. The zero-order valence-corrected chi connectivity index (χ0v) is 16.4. The molecule has 2 aliphatic rings. The van der Waals surface area contributed by atoms with Crippen molar-refractivity contribution in [3.05, 3.63) is 35.9 Å². The van der Waals surface area contributed by atoms with Crippen LogP contribution < -0.4 is 10.1 Å². The molecule has 146 valence electrons. The molecule has 1 saturated heterocycles. The van der Waals surface area contributed by atoms with Gasteiger partial charge in [0.05, 0.1) is 19.6 Å². The fraction of sp³-hybridized carbons (Fsp3) is 0.524. The van der Waals surface area contributed by atoms with Crippen molar-refractivity contribution >= 4 is 17.7 Å². The molecule has 2 amide bonds. The number of fused-ring (bicyclic) bond motifs is 1. The Hall–Kier alpha value is -2.50. The van der Waals surface area contributed by atoms with E-state index in [0.29, 0.717) is 19.7 Å². The van der Waals surface area contributed by atoms with Gasteiger partial charge in [-0.05, 0) is 55.4 Å². The minimum Gasteiger partial charge on any atom is -0.497 e. The summed E-state index contributed by atoms with van der Waals surface area (Å²) in [4.78, 5) is 27.0. The van der Waals surface area contributed by atoms with E-state index < -0.39 is 0 Å². The van der Waals surface area contributed by atoms with Crippen LogP contribution in [-0.2, 0) is 9.53 Å². The Morgan fingerprint density at radius 3 is 2.70 bits per heavy atom. The van der Waals surface area contributed by atoms with Crippen LogP contribution in [0.2, 0.25) is 0 Å². The van der Waals surface area contributed by atoms with E-state index in [1.165, 1.54) is 0 Å². The molecule has 0 saturated carbocycles. The van der Waals surface area contributed by atoms with E-state index in [1.807, 2.05) is 39.0 Å². The lowest BCUT2D eigenvalue weighted by Crippen LogP contribution is -2.38. The number of carbonyl (C=O) groups is 2. The van der Waals surface area contributed by atoms with Gasteiger partial charge in [0, 0.05) is 18.8 Å². The molecular weight excluding hydrogens is 344 g/mol. The number of rotatable bonds is 4. The average Bonchev–Trinajstić information content (AvgIpc) is 3.07. The third-order valence-electron chi connectivity index (χ3n) is 5.62. The van der Waals surface area contributed by atoms with Crippen LogP contribution in [-0.4, -0.2) is 43.7 Å². The molecule has 6 heteroatoms. The van der Waals surface area contributed by atoms with Crippen LogP contribution in [0, 0.1) is 30.6 Å². The number of anilines is 1. The van der Waals surface area contributed by atoms with Gasteiger partial charge in [-0.3, -0.25) is 4.79 Å². The summed E-state index contributed by atoms with van der Waals surface area (Å²) in [5.74, 6) is 0.828. The quantitative estimate of drug-likeness (QED) is 0.649. The highest BCUT2D eigenvalue weighted by atomic mass is 16.5. The van der Waals surface area contributed by atoms with Crippen molar-refractivity contribution in [2.75, 3.05) is 32.1 Å². The number of amides is 2. The lowest BCUT2D eigenvalue weighted by molar-refractivity contribution is -0.152. The van der Waals surface area contributed by atoms with E-state index >= 15 is 0 Å². The summed E-state index contributed by atoms with van der Waals surface area (Å²) in [6.45, 7) is 7.35. The van der Waals surface area contributed by atoms with E-state index in [9.17, 15) is 9.59 Å². The number of carbonyl (C=O) groups excluding carboxylic acids is 2. The standard InChI is InChI=1S/C21H28N2O4/c1-5-27-20(24)19-13(2)6-7-15-11-23(12-17(15)19)21(25)22-18-9-8-16(26-4)10-14(18)3/h6-10,13,15,17,19H,5,11-12H2,1-4H3,(H,22,25)/t13-,15-,17-,19-/m0/s1. The predicted octanol–water partition coefficient (Wildman–Crippen LogP) is 3.47. The van der Waals surface area contributed by atoms with Gasteiger partial charge < -0.3 is 19.7 Å². The number of aryl methyl sites for hydroxylation is 1. The second kappa shape index (κ2) is 8.03. The SMILES string of the molecule is CCOC(=O)[C@@H]1[C@H]2CN(C(=O)Nc3ccc(OC)cc3C)C[C@@H]2C=C[C@@H]1C. The number of methoxy groups -OCH3 is 1. The van der Waals surface area contributed by atoms with Gasteiger partial charge >= 0.3 is 12.0 Å². The van der Waals surface area contributed by atoms with E-state index in [-0.39, 0.29) is 35.7 Å². The first kappa shape index (κ1) is 19.3. The summed E-state index contributed by atoms with van der Waals surface area (Å²) in [7, 11) is 1.62. The molecule has 0 unspecified atom stereocenters. The van der Waals surface area contributed by atoms with E-state index in [0.717, 1.165) is 17.0 Å². The molecule has 1 aromatic rings. The second-order valence-corrected chi connectivity index (χ2v) is 7.37. The fourth-order valence-electron chi connectivity index (χ4n) is 4.16. The molecule has 1 aliphatic heterocycles. The van der Waals surface area contributed by atoms with Crippen molar-refractivity contribution in [1.29, 1.82) is 0 Å². The molecule has 1 aliphatic carbocycles. The van der Waals surface area contributed by atoms with Gasteiger partial charge in [-0.1, -0.05) is 19.1 Å². The molecule has 27 heavy (non-hydrogen) atoms. The Kier molecular flexibility index (Phi) is 5.73. The number of esters is 1. The molecule has 0 bridgehead atoms. The van der Waals surface area contributed by atoms with Crippen molar-refractivity contribution in [3.63, 3.8) is 0 Å². The first-order chi connectivity index (χ1) is 12.9. The number of benzene rings is 1. The maximum Gasteiger partial charge on any atom is 0.321 e. The van der Waals surface area contributed by atoms with Gasteiger partial charge in [0.25, 0.3) is 0 Å². The first-order valence-electron chi connectivity index (χ1n) is 9.50. The van der Waals surface area contributed by atoms with Crippen LogP contribution >= 0.6 is 0 Å². The molecule has 3 rings (SSSR count). The zero-order valence-electron chi connectivity index (χ0n) is 16.4. The monoisotopic (exact) mass is 372 g/mol. The van der Waals surface area contributed by atoms with Crippen LogP contribution in [0.3, 0.4) is 0 Å². The molecule has 1 heterocycles. The average molecular weight is 372 g/mol. The van der Waals surface area contributed by atoms with Gasteiger partial charge in [0.15, 0.2) is 0 Å². The number of urea groups is 1. The summed E-state index contributed by atoms with van der Waals surface area (Å²) >= 11 is 0. The molecule has 1 fully saturated rings. The van der Waals surface area contributed by atoms with Crippen molar-refractivity contribution < 1.29 is 19.1 Å². The topological polar surface area (TPSA) is 67.9 Å². The molecular formula is C21H28N2O4. The lowest BCUT2D eigenvalue weighted by atomic mass is 9.72. The second-order valence-electron chi connectivity index (χ2n) is 7.37. The van der Waals surface area contributed by atoms with E-state index in [2.05, 4.69) is 17.5 Å². The normalized spacial score (nSPS) is 26.4. The van der Waals surface area contributed by atoms with Crippen LogP contribution in [0.1, 0.15) is 19.4 Å². The van der Waals surface area contributed by atoms with Crippen LogP contribution in [0.5, 0.6) is 5.75 Å². The van der Waals surface area contributed by atoms with E-state index in [1.54, 1.807) is 12.0 Å². The minimum absolute atomic E-state index is 0.103.